The predicted octanol–water partition coefficient (Wildman–Crippen LogP) is 0.660. The van der Waals surface area contributed by atoms with Crippen molar-refractivity contribution >= 4 is 15.7 Å². The minimum Gasteiger partial charge on any atom is -0.504 e. The maximum Gasteiger partial charge on any atom is 0.257 e. The zero-order valence-electron chi connectivity index (χ0n) is 11.4. The van der Waals surface area contributed by atoms with Gasteiger partial charge in [0.05, 0.1) is 24.2 Å². The number of hydrogen-bond donors (Lipinski definition) is 1. The summed E-state index contributed by atoms with van der Waals surface area (Å²) in [4.78, 5) is 13.7. The first-order chi connectivity index (χ1) is 9.35. The largest absolute Gasteiger partial charge is 0.504 e. The van der Waals surface area contributed by atoms with Crippen LogP contribution in [0.4, 0.5) is 0 Å². The Kier molecular flexibility index (Phi) is 3.89. The lowest BCUT2D eigenvalue weighted by Crippen LogP contribution is -2.37. The van der Waals surface area contributed by atoms with E-state index in [4.69, 9.17) is 4.74 Å². The number of aromatic hydroxyl groups is 1. The van der Waals surface area contributed by atoms with Crippen molar-refractivity contribution in [3.8, 4) is 11.5 Å². The van der Waals surface area contributed by atoms with Crippen molar-refractivity contribution < 1.29 is 23.1 Å². The van der Waals surface area contributed by atoms with Gasteiger partial charge in [-0.15, -0.1) is 0 Å². The Labute approximate surface area is 117 Å². The number of carbonyl (C=O) groups excluding carboxylic acids is 1. The van der Waals surface area contributed by atoms with Gasteiger partial charge in [-0.05, 0) is 18.6 Å². The number of rotatable bonds is 3. The highest BCUT2D eigenvalue weighted by Crippen LogP contribution is 2.31. The Morgan fingerprint density at radius 1 is 1.45 bits per heavy atom. The normalized spacial score (nSPS) is 20.6. The highest BCUT2D eigenvalue weighted by atomic mass is 32.2. The van der Waals surface area contributed by atoms with E-state index < -0.39 is 15.7 Å². The van der Waals surface area contributed by atoms with Gasteiger partial charge in [-0.25, -0.2) is 8.42 Å². The maximum atomic E-state index is 12.3. The molecule has 7 heteroatoms. The lowest BCUT2D eigenvalue weighted by atomic mass is 10.1. The zero-order valence-corrected chi connectivity index (χ0v) is 12.2. The van der Waals surface area contributed by atoms with Crippen LogP contribution >= 0.6 is 0 Å². The fraction of sp³-hybridized carbons (Fsp3) is 0.462. The summed E-state index contributed by atoms with van der Waals surface area (Å²) in [5.41, 5.74) is 0.108. The molecule has 0 saturated carbocycles. The average molecular weight is 299 g/mol. The molecular formula is C13H17NO5S. The SMILES string of the molecule is COc1cccc(C(=O)N(C)C2CCS(=O)(=O)C2)c1O. The summed E-state index contributed by atoms with van der Waals surface area (Å²) in [6.45, 7) is 0. The number of ether oxygens (including phenoxy) is 1. The molecule has 1 heterocycles. The summed E-state index contributed by atoms with van der Waals surface area (Å²) in [7, 11) is -0.112. The van der Waals surface area contributed by atoms with E-state index in [0.717, 1.165) is 0 Å². The van der Waals surface area contributed by atoms with Crippen molar-refractivity contribution in [1.29, 1.82) is 0 Å². The Morgan fingerprint density at radius 3 is 2.70 bits per heavy atom. The molecule has 1 N–H and O–H groups in total. The summed E-state index contributed by atoms with van der Waals surface area (Å²) in [6.07, 6.45) is 0.426. The molecule has 0 aromatic heterocycles. The quantitative estimate of drug-likeness (QED) is 0.886. The van der Waals surface area contributed by atoms with Crippen LogP contribution in [0.3, 0.4) is 0 Å². The van der Waals surface area contributed by atoms with Crippen LogP contribution in [0.2, 0.25) is 0 Å². The molecule has 1 fully saturated rings. The summed E-state index contributed by atoms with van der Waals surface area (Å²) < 4.78 is 27.9. The molecule has 1 aromatic carbocycles. The minimum atomic E-state index is -3.06. The van der Waals surface area contributed by atoms with E-state index in [9.17, 15) is 18.3 Å². The van der Waals surface area contributed by atoms with Crippen LogP contribution in [0.1, 0.15) is 16.8 Å². The van der Waals surface area contributed by atoms with Gasteiger partial charge in [0, 0.05) is 13.1 Å². The third-order valence-corrected chi connectivity index (χ3v) is 5.28. The topological polar surface area (TPSA) is 83.9 Å². The highest BCUT2D eigenvalue weighted by molar-refractivity contribution is 7.91. The summed E-state index contributed by atoms with van der Waals surface area (Å²) in [6, 6.07) is 4.29. The van der Waals surface area contributed by atoms with Crippen LogP contribution in [0, 0.1) is 0 Å². The highest BCUT2D eigenvalue weighted by Gasteiger charge is 2.33. The molecule has 2 rings (SSSR count). The molecule has 0 radical (unpaired) electrons. The van der Waals surface area contributed by atoms with E-state index >= 15 is 0 Å². The van der Waals surface area contributed by atoms with Crippen molar-refractivity contribution in [3.63, 3.8) is 0 Å². The van der Waals surface area contributed by atoms with E-state index in [2.05, 4.69) is 0 Å². The van der Waals surface area contributed by atoms with Crippen LogP contribution in [0.25, 0.3) is 0 Å². The molecule has 110 valence electrons. The second-order valence-corrected chi connectivity index (χ2v) is 7.06. The first-order valence-electron chi connectivity index (χ1n) is 6.19. The van der Waals surface area contributed by atoms with Crippen molar-refractivity contribution in [2.45, 2.75) is 12.5 Å². The Balaban J connectivity index is 2.24. The number of sulfone groups is 1. The van der Waals surface area contributed by atoms with Crippen molar-refractivity contribution in [3.05, 3.63) is 23.8 Å². The lowest BCUT2D eigenvalue weighted by molar-refractivity contribution is 0.0744. The summed E-state index contributed by atoms with van der Waals surface area (Å²) in [5, 5.41) is 9.96. The molecule has 0 aliphatic carbocycles. The number of nitrogens with zero attached hydrogens (tertiary/aromatic N) is 1. The van der Waals surface area contributed by atoms with E-state index in [1.165, 1.54) is 18.1 Å². The fourth-order valence-corrected chi connectivity index (χ4v) is 4.07. The molecule has 1 aliphatic heterocycles. The smallest absolute Gasteiger partial charge is 0.257 e. The molecule has 1 unspecified atom stereocenters. The number of phenols is 1. The number of hydrogen-bond acceptors (Lipinski definition) is 5. The first kappa shape index (κ1) is 14.6. The number of carbonyl (C=O) groups is 1. The molecule has 1 saturated heterocycles. The molecule has 1 aromatic rings. The number of para-hydroxylation sites is 1. The van der Waals surface area contributed by atoms with E-state index in [-0.39, 0.29) is 34.6 Å². The molecular weight excluding hydrogens is 282 g/mol. The Hall–Kier alpha value is -1.76. The third-order valence-electron chi connectivity index (χ3n) is 3.53. The van der Waals surface area contributed by atoms with Gasteiger partial charge >= 0.3 is 0 Å². The van der Waals surface area contributed by atoms with E-state index in [1.54, 1.807) is 19.2 Å². The summed E-state index contributed by atoms with van der Waals surface area (Å²) >= 11 is 0. The van der Waals surface area contributed by atoms with Crippen molar-refractivity contribution in [1.82, 2.24) is 4.90 Å². The van der Waals surface area contributed by atoms with Gasteiger partial charge in [-0.2, -0.15) is 0 Å². The Morgan fingerprint density at radius 2 is 2.15 bits per heavy atom. The van der Waals surface area contributed by atoms with Gasteiger partial charge in [0.1, 0.15) is 0 Å². The van der Waals surface area contributed by atoms with Crippen LogP contribution in [-0.2, 0) is 9.84 Å². The second kappa shape index (κ2) is 5.32. The van der Waals surface area contributed by atoms with Gasteiger partial charge in [-0.1, -0.05) is 6.07 Å². The maximum absolute atomic E-state index is 12.3. The van der Waals surface area contributed by atoms with Crippen LogP contribution in [-0.4, -0.2) is 56.0 Å². The van der Waals surface area contributed by atoms with Crippen LogP contribution in [0.5, 0.6) is 11.5 Å². The third kappa shape index (κ3) is 2.72. The number of methoxy groups -OCH3 is 1. The van der Waals surface area contributed by atoms with Gasteiger partial charge < -0.3 is 14.7 Å². The van der Waals surface area contributed by atoms with Gasteiger partial charge in [0.2, 0.25) is 0 Å². The van der Waals surface area contributed by atoms with Crippen LogP contribution in [0.15, 0.2) is 18.2 Å². The Bertz CT molecular complexity index is 626. The molecule has 6 nitrogen and oxygen atoms in total. The number of phenolic OH excluding ortho intramolecular Hbond substituents is 1. The minimum absolute atomic E-state index is 0.0278. The molecule has 1 aliphatic rings. The molecule has 1 amide bonds. The molecule has 20 heavy (non-hydrogen) atoms. The molecule has 0 bridgehead atoms. The van der Waals surface area contributed by atoms with Gasteiger partial charge in [0.15, 0.2) is 21.3 Å². The first-order valence-corrected chi connectivity index (χ1v) is 8.01. The standard InChI is InChI=1S/C13H17NO5S/c1-14(9-6-7-20(17,18)8-9)13(16)10-4-3-5-11(19-2)12(10)15/h3-5,9,15H,6-8H2,1-2H3. The monoisotopic (exact) mass is 299 g/mol. The van der Waals surface area contributed by atoms with Gasteiger partial charge in [-0.3, -0.25) is 4.79 Å². The predicted molar refractivity (Wildman–Crippen MR) is 73.8 cm³/mol. The van der Waals surface area contributed by atoms with E-state index in [0.29, 0.717) is 6.42 Å². The fourth-order valence-electron chi connectivity index (χ4n) is 2.30. The van der Waals surface area contributed by atoms with Crippen LogP contribution < -0.4 is 4.74 Å². The average Bonchev–Trinajstić information content (AvgIpc) is 2.78. The van der Waals surface area contributed by atoms with Gasteiger partial charge in [0.25, 0.3) is 5.91 Å². The zero-order chi connectivity index (χ0) is 14.9. The summed E-state index contributed by atoms with van der Waals surface area (Å²) in [5.74, 6) is -0.362. The molecule has 0 spiro atoms. The van der Waals surface area contributed by atoms with E-state index in [1.807, 2.05) is 0 Å². The van der Waals surface area contributed by atoms with Crippen molar-refractivity contribution in [2.24, 2.45) is 0 Å². The lowest BCUT2D eigenvalue weighted by Gasteiger charge is -2.24. The second-order valence-electron chi connectivity index (χ2n) is 4.83. The number of amides is 1. The van der Waals surface area contributed by atoms with Crippen molar-refractivity contribution in [2.75, 3.05) is 25.7 Å². The molecule has 1 atom stereocenters. The number of benzene rings is 1.